The molecule has 5 nitrogen and oxygen atoms in total. The molecule has 1 aromatic carbocycles. The van der Waals surface area contributed by atoms with Crippen molar-refractivity contribution < 1.29 is 13.6 Å². The molecule has 108 valence electrons. The van der Waals surface area contributed by atoms with Crippen LogP contribution in [0.4, 0.5) is 4.39 Å². The molecule has 0 atom stereocenters. The molecule has 0 saturated carbocycles. The second kappa shape index (κ2) is 5.84. The third-order valence-electron chi connectivity index (χ3n) is 2.85. The van der Waals surface area contributed by atoms with E-state index >= 15 is 0 Å². The normalized spacial score (nSPS) is 11.0. The van der Waals surface area contributed by atoms with Gasteiger partial charge >= 0.3 is 0 Å². The van der Waals surface area contributed by atoms with Crippen LogP contribution < -0.4 is 11.3 Å². The Morgan fingerprint density at radius 2 is 2.38 bits per heavy atom. The minimum absolute atomic E-state index is 0.358. The fraction of sp³-hybridized carbons (Fsp3) is 0.0769. The lowest BCUT2D eigenvalue weighted by Gasteiger charge is -2.02. The van der Waals surface area contributed by atoms with E-state index in [0.29, 0.717) is 31.5 Å². The molecule has 1 amide bonds. The number of carbonyl (C=O) groups is 1. The zero-order chi connectivity index (χ0) is 14.8. The lowest BCUT2D eigenvalue weighted by Crippen LogP contribution is -2.29. The summed E-state index contributed by atoms with van der Waals surface area (Å²) in [6.45, 7) is 0. The van der Waals surface area contributed by atoms with Gasteiger partial charge in [0.25, 0.3) is 11.1 Å². The van der Waals surface area contributed by atoms with Crippen molar-refractivity contribution in [1.82, 2.24) is 10.4 Å². The fourth-order valence-electron chi connectivity index (χ4n) is 1.97. The molecule has 21 heavy (non-hydrogen) atoms. The molecule has 0 saturated heterocycles. The van der Waals surface area contributed by atoms with Crippen LogP contribution in [0.25, 0.3) is 10.1 Å². The molecule has 0 bridgehead atoms. The number of benzene rings is 1. The molecule has 0 radical (unpaired) electrons. The third kappa shape index (κ3) is 2.65. The van der Waals surface area contributed by atoms with Gasteiger partial charge in [0, 0.05) is 15.8 Å². The highest BCUT2D eigenvalue weighted by molar-refractivity contribution is 7.98. The summed E-state index contributed by atoms with van der Waals surface area (Å²) in [7, 11) is 0. The zero-order valence-electron chi connectivity index (χ0n) is 10.6. The van der Waals surface area contributed by atoms with Crippen molar-refractivity contribution in [3.63, 3.8) is 0 Å². The Bertz CT molecular complexity index is 786. The molecule has 0 spiro atoms. The highest BCUT2D eigenvalue weighted by Gasteiger charge is 2.20. The summed E-state index contributed by atoms with van der Waals surface area (Å²) in [5, 5.41) is 0.907. The Balaban J connectivity index is 2.06. The summed E-state index contributed by atoms with van der Waals surface area (Å²) >= 11 is 2.50. The van der Waals surface area contributed by atoms with Gasteiger partial charge in [0.05, 0.1) is 11.1 Å². The maximum absolute atomic E-state index is 14.1. The van der Waals surface area contributed by atoms with E-state index in [1.165, 1.54) is 41.6 Å². The first-order valence-electron chi connectivity index (χ1n) is 5.94. The van der Waals surface area contributed by atoms with Crippen LogP contribution in [0.1, 0.15) is 15.2 Å². The van der Waals surface area contributed by atoms with Crippen LogP contribution in [0.3, 0.4) is 0 Å². The van der Waals surface area contributed by atoms with Gasteiger partial charge in [0.15, 0.2) is 0 Å². The maximum Gasteiger partial charge on any atom is 0.275 e. The number of amides is 1. The van der Waals surface area contributed by atoms with Crippen molar-refractivity contribution in [2.24, 2.45) is 5.84 Å². The first-order valence-corrected chi connectivity index (χ1v) is 7.74. The van der Waals surface area contributed by atoms with E-state index in [0.717, 1.165) is 0 Å². The maximum atomic E-state index is 14.1. The Labute approximate surface area is 127 Å². The van der Waals surface area contributed by atoms with E-state index in [1.807, 2.05) is 0 Å². The summed E-state index contributed by atoms with van der Waals surface area (Å²) in [6.07, 6.45) is 2.99. The molecule has 2 aromatic heterocycles. The molecule has 0 unspecified atom stereocenters. The van der Waals surface area contributed by atoms with Crippen LogP contribution in [0.15, 0.2) is 40.3 Å². The van der Waals surface area contributed by atoms with E-state index in [-0.39, 0.29) is 5.82 Å². The van der Waals surface area contributed by atoms with Crippen molar-refractivity contribution in [1.29, 1.82) is 0 Å². The van der Waals surface area contributed by atoms with Gasteiger partial charge in [0.2, 0.25) is 0 Å². The largest absolute Gasteiger partial charge is 0.440 e. The fourth-order valence-corrected chi connectivity index (χ4v) is 4.01. The van der Waals surface area contributed by atoms with Gasteiger partial charge < -0.3 is 4.42 Å². The van der Waals surface area contributed by atoms with Gasteiger partial charge in [-0.1, -0.05) is 17.8 Å². The number of thioether (sulfide) groups is 1. The van der Waals surface area contributed by atoms with Gasteiger partial charge in [0.1, 0.15) is 12.1 Å². The minimum atomic E-state index is -0.432. The summed E-state index contributed by atoms with van der Waals surface area (Å²) in [6, 6.07) is 4.76. The number of oxazole rings is 1. The molecule has 0 aliphatic rings. The summed E-state index contributed by atoms with van der Waals surface area (Å²) < 4.78 is 19.9. The highest BCUT2D eigenvalue weighted by atomic mass is 32.2. The lowest BCUT2D eigenvalue weighted by molar-refractivity contribution is 0.0957. The van der Waals surface area contributed by atoms with E-state index in [2.05, 4.69) is 10.4 Å². The first-order chi connectivity index (χ1) is 10.2. The lowest BCUT2D eigenvalue weighted by atomic mass is 10.1. The quantitative estimate of drug-likeness (QED) is 0.334. The Morgan fingerprint density at radius 1 is 1.52 bits per heavy atom. The van der Waals surface area contributed by atoms with Crippen molar-refractivity contribution in [3.8, 4) is 0 Å². The van der Waals surface area contributed by atoms with Crippen LogP contribution in [0, 0.1) is 5.82 Å². The first kappa shape index (κ1) is 14.1. The number of nitrogens with zero attached hydrogens (tertiary/aromatic N) is 1. The smallest absolute Gasteiger partial charge is 0.275 e. The zero-order valence-corrected chi connectivity index (χ0v) is 12.3. The average Bonchev–Trinajstić information content (AvgIpc) is 3.12. The number of aromatic nitrogens is 1. The predicted octanol–water partition coefficient (Wildman–Crippen LogP) is 2.92. The second-order valence-electron chi connectivity index (χ2n) is 4.08. The summed E-state index contributed by atoms with van der Waals surface area (Å²) in [5.41, 5.74) is 2.69. The molecular weight excluding hydrogens is 313 g/mol. The standard InChI is InChI=1S/C13H10FN3O2S2/c14-8-2-1-3-9-10(8)7(11(21-9)12(18)17-15)6-20-13-16-4-5-19-13/h1-5H,6,15H2,(H,17,18). The second-order valence-corrected chi connectivity index (χ2v) is 6.06. The number of hydrogen-bond acceptors (Lipinski definition) is 6. The molecule has 3 N–H and O–H groups in total. The number of hydrazine groups is 1. The van der Waals surface area contributed by atoms with Crippen LogP contribution in [-0.2, 0) is 5.75 Å². The van der Waals surface area contributed by atoms with Gasteiger partial charge in [-0.2, -0.15) is 0 Å². The van der Waals surface area contributed by atoms with E-state index in [4.69, 9.17) is 10.3 Å². The number of fused-ring (bicyclic) bond motifs is 1. The molecule has 3 rings (SSSR count). The highest BCUT2D eigenvalue weighted by Crippen LogP contribution is 2.36. The third-order valence-corrected chi connectivity index (χ3v) is 4.93. The Hall–Kier alpha value is -1.90. The topological polar surface area (TPSA) is 81.1 Å². The summed E-state index contributed by atoms with van der Waals surface area (Å²) in [5.74, 6) is 4.77. The van der Waals surface area contributed by atoms with Crippen molar-refractivity contribution in [2.45, 2.75) is 11.0 Å². The average molecular weight is 323 g/mol. The van der Waals surface area contributed by atoms with Crippen LogP contribution >= 0.6 is 23.1 Å². The van der Waals surface area contributed by atoms with Crippen LogP contribution in [-0.4, -0.2) is 10.9 Å². The minimum Gasteiger partial charge on any atom is -0.440 e. The molecular formula is C13H10FN3O2S2. The van der Waals surface area contributed by atoms with Gasteiger partial charge in [-0.25, -0.2) is 15.2 Å². The number of halogens is 1. The van der Waals surface area contributed by atoms with Crippen molar-refractivity contribution >= 4 is 39.1 Å². The molecule has 0 fully saturated rings. The number of thiophene rings is 1. The Kier molecular flexibility index (Phi) is 3.91. The number of nitrogens with one attached hydrogen (secondary N) is 1. The molecule has 3 aromatic rings. The number of nitrogens with two attached hydrogens (primary N) is 1. The van der Waals surface area contributed by atoms with Crippen LogP contribution in [0.2, 0.25) is 0 Å². The molecule has 2 heterocycles. The van der Waals surface area contributed by atoms with Crippen molar-refractivity contribution in [2.75, 3.05) is 0 Å². The monoisotopic (exact) mass is 323 g/mol. The number of rotatable bonds is 4. The summed E-state index contributed by atoms with van der Waals surface area (Å²) in [4.78, 5) is 16.3. The van der Waals surface area contributed by atoms with E-state index in [9.17, 15) is 9.18 Å². The van der Waals surface area contributed by atoms with Gasteiger partial charge in [-0.15, -0.1) is 11.3 Å². The van der Waals surface area contributed by atoms with Gasteiger partial charge in [-0.3, -0.25) is 10.2 Å². The van der Waals surface area contributed by atoms with E-state index in [1.54, 1.807) is 12.1 Å². The van der Waals surface area contributed by atoms with Crippen LogP contribution in [0.5, 0.6) is 0 Å². The van der Waals surface area contributed by atoms with Crippen molar-refractivity contribution in [3.05, 3.63) is 46.9 Å². The number of carbonyl (C=O) groups excluding carboxylic acids is 1. The number of nitrogen functional groups attached to an aromatic ring is 1. The van der Waals surface area contributed by atoms with E-state index < -0.39 is 5.91 Å². The van der Waals surface area contributed by atoms with Gasteiger partial charge in [-0.05, 0) is 17.7 Å². The molecule has 0 aliphatic heterocycles. The molecule has 0 aliphatic carbocycles. The molecule has 8 heteroatoms. The number of hydrogen-bond donors (Lipinski definition) is 2. The SMILES string of the molecule is NNC(=O)c1sc2cccc(F)c2c1CSc1ncco1. The predicted molar refractivity (Wildman–Crippen MR) is 79.5 cm³/mol. The Morgan fingerprint density at radius 3 is 3.10 bits per heavy atom.